The highest BCUT2D eigenvalue weighted by atomic mass is 19.1. The molecule has 0 spiro atoms. The van der Waals surface area contributed by atoms with Gasteiger partial charge in [-0.25, -0.2) is 9.18 Å². The summed E-state index contributed by atoms with van der Waals surface area (Å²) < 4.78 is 28.0. The van der Waals surface area contributed by atoms with Gasteiger partial charge in [0.25, 0.3) is 5.91 Å². The normalized spacial score (nSPS) is 14.1. The van der Waals surface area contributed by atoms with E-state index in [9.17, 15) is 14.0 Å². The number of rotatable bonds is 6. The van der Waals surface area contributed by atoms with Crippen LogP contribution in [0.2, 0.25) is 0 Å². The van der Waals surface area contributed by atoms with Gasteiger partial charge in [0.1, 0.15) is 17.5 Å². The molecule has 1 aliphatic heterocycles. The van der Waals surface area contributed by atoms with Crippen molar-refractivity contribution >= 4 is 17.5 Å². The van der Waals surface area contributed by atoms with Crippen LogP contribution in [0.4, 0.5) is 9.18 Å². The van der Waals surface area contributed by atoms with Crippen molar-refractivity contribution in [3.05, 3.63) is 53.7 Å². The SMILES string of the molecule is CCN(C(=O)c1cc(F)ccc1-c1cc(OC2CN(C(=O)OC(C)(C)C)C2)n2c(C)cncc12)C(C)C. The Labute approximate surface area is 217 Å². The molecule has 9 heteroatoms. The Bertz CT molecular complexity index is 1320. The zero-order valence-electron chi connectivity index (χ0n) is 22.5. The molecule has 37 heavy (non-hydrogen) atoms. The van der Waals surface area contributed by atoms with Crippen LogP contribution in [0, 0.1) is 12.7 Å². The third-order valence-corrected chi connectivity index (χ3v) is 6.33. The molecule has 4 rings (SSSR count). The number of benzene rings is 1. The summed E-state index contributed by atoms with van der Waals surface area (Å²) in [6, 6.07) is 6.10. The molecule has 0 unspecified atom stereocenters. The van der Waals surface area contributed by atoms with Crippen LogP contribution in [0.25, 0.3) is 16.6 Å². The first kappa shape index (κ1) is 26.4. The zero-order chi connectivity index (χ0) is 27.1. The van der Waals surface area contributed by atoms with Gasteiger partial charge in [0.2, 0.25) is 0 Å². The molecule has 3 aromatic rings. The maximum atomic E-state index is 14.3. The van der Waals surface area contributed by atoms with E-state index in [0.717, 1.165) is 16.8 Å². The number of hydrogen-bond donors (Lipinski definition) is 0. The Morgan fingerprint density at radius 1 is 1.16 bits per heavy atom. The molecular formula is C28H35FN4O4. The van der Waals surface area contributed by atoms with Gasteiger partial charge in [0.05, 0.1) is 30.4 Å². The van der Waals surface area contributed by atoms with Crippen LogP contribution in [-0.2, 0) is 4.74 Å². The van der Waals surface area contributed by atoms with Crippen LogP contribution in [0.15, 0.2) is 36.7 Å². The molecule has 1 fully saturated rings. The van der Waals surface area contributed by atoms with Crippen molar-refractivity contribution in [2.24, 2.45) is 0 Å². The number of nitrogens with zero attached hydrogens (tertiary/aromatic N) is 4. The van der Waals surface area contributed by atoms with Gasteiger partial charge in [0.15, 0.2) is 5.88 Å². The van der Waals surface area contributed by atoms with E-state index in [1.807, 2.05) is 58.9 Å². The summed E-state index contributed by atoms with van der Waals surface area (Å²) in [5.74, 6) is -0.142. The first-order valence-electron chi connectivity index (χ1n) is 12.6. The minimum Gasteiger partial charge on any atom is -0.471 e. The van der Waals surface area contributed by atoms with Crippen molar-refractivity contribution in [2.75, 3.05) is 19.6 Å². The third kappa shape index (κ3) is 5.40. The van der Waals surface area contributed by atoms with Crippen LogP contribution in [-0.4, -0.2) is 68.6 Å². The average molecular weight is 511 g/mol. The van der Waals surface area contributed by atoms with E-state index in [0.29, 0.717) is 31.1 Å². The van der Waals surface area contributed by atoms with Gasteiger partial charge in [-0.1, -0.05) is 6.07 Å². The van der Waals surface area contributed by atoms with Crippen LogP contribution in [0.5, 0.6) is 5.88 Å². The van der Waals surface area contributed by atoms with Crippen molar-refractivity contribution in [3.63, 3.8) is 0 Å². The fourth-order valence-electron chi connectivity index (χ4n) is 4.55. The fourth-order valence-corrected chi connectivity index (χ4v) is 4.55. The van der Waals surface area contributed by atoms with E-state index in [1.54, 1.807) is 28.3 Å². The lowest BCUT2D eigenvalue weighted by Gasteiger charge is -2.39. The van der Waals surface area contributed by atoms with Crippen LogP contribution in [0.1, 0.15) is 57.6 Å². The summed E-state index contributed by atoms with van der Waals surface area (Å²) in [7, 11) is 0. The van der Waals surface area contributed by atoms with E-state index < -0.39 is 11.4 Å². The van der Waals surface area contributed by atoms with E-state index in [4.69, 9.17) is 9.47 Å². The van der Waals surface area contributed by atoms with Gasteiger partial charge < -0.3 is 19.3 Å². The first-order valence-corrected chi connectivity index (χ1v) is 12.6. The predicted octanol–water partition coefficient (Wildman–Crippen LogP) is 5.32. The molecule has 0 bridgehead atoms. The van der Waals surface area contributed by atoms with Crippen molar-refractivity contribution in [1.82, 2.24) is 19.2 Å². The predicted molar refractivity (Wildman–Crippen MR) is 139 cm³/mol. The zero-order valence-corrected chi connectivity index (χ0v) is 22.5. The molecule has 8 nitrogen and oxygen atoms in total. The number of halogens is 1. The largest absolute Gasteiger partial charge is 0.471 e. The quantitative estimate of drug-likeness (QED) is 0.449. The van der Waals surface area contributed by atoms with Crippen molar-refractivity contribution in [1.29, 1.82) is 0 Å². The molecule has 0 saturated carbocycles. The Morgan fingerprint density at radius 3 is 2.49 bits per heavy atom. The summed E-state index contributed by atoms with van der Waals surface area (Å²) in [6.07, 6.45) is 2.86. The maximum absolute atomic E-state index is 14.3. The summed E-state index contributed by atoms with van der Waals surface area (Å²) >= 11 is 0. The second kappa shape index (κ2) is 10.0. The molecule has 198 valence electrons. The van der Waals surface area contributed by atoms with Gasteiger partial charge in [-0.3, -0.25) is 14.2 Å². The fraction of sp³-hybridized carbons (Fsp3) is 0.464. The summed E-state index contributed by atoms with van der Waals surface area (Å²) in [6.45, 7) is 14.5. The molecule has 2 amide bonds. The summed E-state index contributed by atoms with van der Waals surface area (Å²) in [4.78, 5) is 33.4. The molecule has 0 N–H and O–H groups in total. The minimum absolute atomic E-state index is 0.0336. The van der Waals surface area contributed by atoms with E-state index >= 15 is 0 Å². The highest BCUT2D eigenvalue weighted by Crippen LogP contribution is 2.36. The number of ether oxygens (including phenoxy) is 2. The monoisotopic (exact) mass is 510 g/mol. The smallest absolute Gasteiger partial charge is 0.410 e. The number of amides is 2. The number of aryl methyl sites for hydroxylation is 1. The van der Waals surface area contributed by atoms with Gasteiger partial charge >= 0.3 is 6.09 Å². The number of fused-ring (bicyclic) bond motifs is 1. The lowest BCUT2D eigenvalue weighted by molar-refractivity contribution is -0.0234. The summed E-state index contributed by atoms with van der Waals surface area (Å²) in [5, 5.41) is 0. The number of likely N-dealkylation sites (tertiary alicyclic amines) is 1. The molecule has 0 atom stereocenters. The van der Waals surface area contributed by atoms with Crippen LogP contribution < -0.4 is 4.74 Å². The molecule has 2 aromatic heterocycles. The highest BCUT2D eigenvalue weighted by molar-refractivity contribution is 6.03. The molecule has 3 heterocycles. The van der Waals surface area contributed by atoms with Crippen molar-refractivity contribution in [3.8, 4) is 17.0 Å². The maximum Gasteiger partial charge on any atom is 0.410 e. The Morgan fingerprint density at radius 2 is 1.86 bits per heavy atom. The van der Waals surface area contributed by atoms with Crippen LogP contribution >= 0.6 is 0 Å². The Kier molecular flexibility index (Phi) is 7.17. The van der Waals surface area contributed by atoms with Gasteiger partial charge in [-0.2, -0.15) is 0 Å². The van der Waals surface area contributed by atoms with Crippen LogP contribution in [0.3, 0.4) is 0 Å². The van der Waals surface area contributed by atoms with Gasteiger partial charge in [-0.15, -0.1) is 0 Å². The Balaban J connectivity index is 1.69. The van der Waals surface area contributed by atoms with Gasteiger partial charge in [0, 0.05) is 36.1 Å². The minimum atomic E-state index is -0.563. The molecule has 1 aromatic carbocycles. The number of carbonyl (C=O) groups is 2. The molecule has 0 aliphatic carbocycles. The Hall–Kier alpha value is -3.62. The van der Waals surface area contributed by atoms with Gasteiger partial charge in [-0.05, 0) is 66.2 Å². The average Bonchev–Trinajstić information content (AvgIpc) is 3.14. The molecule has 1 aliphatic rings. The number of aromatic nitrogens is 2. The first-order chi connectivity index (χ1) is 17.4. The highest BCUT2D eigenvalue weighted by Gasteiger charge is 2.36. The van der Waals surface area contributed by atoms with E-state index in [2.05, 4.69) is 4.98 Å². The molecule has 0 radical (unpaired) electrons. The number of carbonyl (C=O) groups excluding carboxylic acids is 2. The summed E-state index contributed by atoms with van der Waals surface area (Å²) in [5.41, 5.74) is 2.64. The van der Waals surface area contributed by atoms with E-state index in [-0.39, 0.29) is 29.7 Å². The van der Waals surface area contributed by atoms with Crippen molar-refractivity contribution in [2.45, 2.75) is 66.2 Å². The molecule has 1 saturated heterocycles. The van der Waals surface area contributed by atoms with Crippen molar-refractivity contribution < 1.29 is 23.5 Å². The lowest BCUT2D eigenvalue weighted by Crippen LogP contribution is -2.57. The topological polar surface area (TPSA) is 76.4 Å². The molecular weight excluding hydrogens is 475 g/mol. The van der Waals surface area contributed by atoms with E-state index in [1.165, 1.54) is 12.1 Å². The standard InChI is InChI=1S/C28H35FN4O4/c1-8-32(17(2)3)26(34)23-11-19(29)9-10-21(23)22-12-25(33-18(4)13-30-14-24(22)33)36-20-15-31(16-20)27(35)37-28(5,6)7/h9-14,17,20H,8,15-16H2,1-7H3. The second-order valence-corrected chi connectivity index (χ2v) is 10.7. The third-order valence-electron chi connectivity index (χ3n) is 6.33. The number of hydrogen-bond acceptors (Lipinski definition) is 5. The second-order valence-electron chi connectivity index (χ2n) is 10.7. The lowest BCUT2D eigenvalue weighted by atomic mass is 9.99.